The Morgan fingerprint density at radius 1 is 1.22 bits per heavy atom. The fraction of sp³-hybridized carbons (Fsp3) is 0.455. The van der Waals surface area contributed by atoms with E-state index >= 15 is 0 Å². The topological polar surface area (TPSA) is 78.4 Å². The van der Waals surface area contributed by atoms with Gasteiger partial charge in [-0.15, -0.1) is 0 Å². The molecule has 1 fully saturated rings. The normalized spacial score (nSPS) is 19.9. The number of carbonyl (C=O) groups is 2. The van der Waals surface area contributed by atoms with E-state index in [2.05, 4.69) is 41.0 Å². The van der Waals surface area contributed by atoms with Gasteiger partial charge in [-0.05, 0) is 49.4 Å². The Morgan fingerprint density at radius 3 is 2.63 bits per heavy atom. The molecule has 0 spiro atoms. The molecule has 2 amide bonds. The van der Waals surface area contributed by atoms with Crippen LogP contribution in [-0.4, -0.2) is 34.6 Å². The average Bonchev–Trinajstić information content (AvgIpc) is 3.00. The number of carbonyl (C=O) groups excluding carboxylic acids is 2. The fourth-order valence-corrected chi connectivity index (χ4v) is 3.75. The van der Waals surface area contributed by atoms with Gasteiger partial charge in [0.15, 0.2) is 0 Å². The quantitative estimate of drug-likeness (QED) is 0.703. The molecule has 1 heterocycles. The number of amides is 2. The molecule has 0 saturated carbocycles. The highest BCUT2D eigenvalue weighted by Gasteiger charge is 2.38. The van der Waals surface area contributed by atoms with Gasteiger partial charge in [0.1, 0.15) is 0 Å². The zero-order valence-electron chi connectivity index (χ0n) is 16.0. The Kier molecular flexibility index (Phi) is 5.51. The highest BCUT2D eigenvalue weighted by molar-refractivity contribution is 5.83. The molecule has 0 aromatic heterocycles. The minimum atomic E-state index is -0.637. The number of hydrogen-bond donors (Lipinski definition) is 3. The van der Waals surface area contributed by atoms with Crippen molar-refractivity contribution in [2.75, 3.05) is 6.61 Å². The van der Waals surface area contributed by atoms with Crippen LogP contribution in [0.1, 0.15) is 45.1 Å². The van der Waals surface area contributed by atoms with Crippen LogP contribution in [-0.2, 0) is 16.0 Å². The number of benzene rings is 2. The highest BCUT2D eigenvalue weighted by atomic mass is 16.3. The Bertz CT molecular complexity index is 846. The van der Waals surface area contributed by atoms with E-state index in [-0.39, 0.29) is 24.0 Å². The van der Waals surface area contributed by atoms with Gasteiger partial charge >= 0.3 is 0 Å². The second-order valence-electron chi connectivity index (χ2n) is 8.28. The predicted molar refractivity (Wildman–Crippen MR) is 106 cm³/mol. The third-order valence-corrected chi connectivity index (χ3v) is 5.30. The largest absolute Gasteiger partial charge is 0.394 e. The Labute approximate surface area is 160 Å². The second kappa shape index (κ2) is 7.69. The standard InChI is InChI=1S/C22H28N2O3/c1-21(2,15-25)23-19(26)9-11-22(12-10-20(27)24-22)14-16-7-8-17-5-3-4-6-18(17)13-16/h3-8,13,25H,9-12,14-15H2,1-2H3,(H,23,26)(H,24,27). The minimum Gasteiger partial charge on any atom is -0.394 e. The number of nitrogens with one attached hydrogen (secondary N) is 2. The summed E-state index contributed by atoms with van der Waals surface area (Å²) in [6.07, 6.45) is 2.84. The van der Waals surface area contributed by atoms with Gasteiger partial charge in [-0.1, -0.05) is 42.5 Å². The molecule has 27 heavy (non-hydrogen) atoms. The van der Waals surface area contributed by atoms with E-state index in [0.717, 1.165) is 12.0 Å². The van der Waals surface area contributed by atoms with E-state index in [0.29, 0.717) is 25.7 Å². The SMILES string of the molecule is CC(C)(CO)NC(=O)CCC1(Cc2ccc3ccccc3c2)CCC(=O)N1. The molecule has 0 radical (unpaired) electrons. The Hall–Kier alpha value is -2.40. The van der Waals surface area contributed by atoms with Crippen LogP contribution >= 0.6 is 0 Å². The molecule has 1 saturated heterocycles. The van der Waals surface area contributed by atoms with Crippen molar-refractivity contribution in [3.05, 3.63) is 48.0 Å². The lowest BCUT2D eigenvalue weighted by atomic mass is 9.84. The summed E-state index contributed by atoms with van der Waals surface area (Å²) < 4.78 is 0. The molecule has 1 unspecified atom stereocenters. The smallest absolute Gasteiger partial charge is 0.220 e. The first-order chi connectivity index (χ1) is 12.8. The van der Waals surface area contributed by atoms with E-state index in [4.69, 9.17) is 0 Å². The van der Waals surface area contributed by atoms with Crippen molar-refractivity contribution in [1.82, 2.24) is 10.6 Å². The number of hydrogen-bond acceptors (Lipinski definition) is 3. The van der Waals surface area contributed by atoms with E-state index in [1.165, 1.54) is 10.8 Å². The zero-order chi connectivity index (χ0) is 19.5. The van der Waals surface area contributed by atoms with Crippen molar-refractivity contribution in [3.63, 3.8) is 0 Å². The lowest BCUT2D eigenvalue weighted by Gasteiger charge is -2.30. The maximum Gasteiger partial charge on any atom is 0.220 e. The minimum absolute atomic E-state index is 0.0480. The third kappa shape index (κ3) is 4.86. The summed E-state index contributed by atoms with van der Waals surface area (Å²) in [4.78, 5) is 24.2. The summed E-state index contributed by atoms with van der Waals surface area (Å²) in [6, 6.07) is 14.6. The van der Waals surface area contributed by atoms with Crippen LogP contribution in [0, 0.1) is 0 Å². The monoisotopic (exact) mass is 368 g/mol. The molecule has 0 bridgehead atoms. The molecule has 1 aliphatic heterocycles. The van der Waals surface area contributed by atoms with Crippen LogP contribution in [0.3, 0.4) is 0 Å². The molecule has 0 aliphatic carbocycles. The molecule has 2 aromatic rings. The Morgan fingerprint density at radius 2 is 1.96 bits per heavy atom. The van der Waals surface area contributed by atoms with Crippen molar-refractivity contribution >= 4 is 22.6 Å². The number of aliphatic hydroxyl groups is 1. The van der Waals surface area contributed by atoms with Crippen LogP contribution in [0.25, 0.3) is 10.8 Å². The maximum atomic E-state index is 12.3. The van der Waals surface area contributed by atoms with Crippen molar-refractivity contribution < 1.29 is 14.7 Å². The third-order valence-electron chi connectivity index (χ3n) is 5.30. The van der Waals surface area contributed by atoms with Crippen LogP contribution in [0.2, 0.25) is 0 Å². The molecular weight excluding hydrogens is 340 g/mol. The van der Waals surface area contributed by atoms with Crippen molar-refractivity contribution in [2.24, 2.45) is 0 Å². The van der Waals surface area contributed by atoms with Gasteiger partial charge in [-0.3, -0.25) is 9.59 Å². The summed E-state index contributed by atoms with van der Waals surface area (Å²) in [7, 11) is 0. The average molecular weight is 368 g/mol. The first kappa shape index (κ1) is 19.4. The number of rotatable bonds is 7. The molecular formula is C22H28N2O3. The Balaban J connectivity index is 1.72. The van der Waals surface area contributed by atoms with Crippen LogP contribution in [0.4, 0.5) is 0 Å². The van der Waals surface area contributed by atoms with Gasteiger partial charge in [0.2, 0.25) is 11.8 Å². The first-order valence-corrected chi connectivity index (χ1v) is 9.51. The summed E-state index contributed by atoms with van der Waals surface area (Å²) in [6.45, 7) is 3.46. The van der Waals surface area contributed by atoms with E-state index in [9.17, 15) is 14.7 Å². The molecule has 5 heteroatoms. The molecule has 5 nitrogen and oxygen atoms in total. The van der Waals surface area contributed by atoms with Gasteiger partial charge in [-0.2, -0.15) is 0 Å². The predicted octanol–water partition coefficient (Wildman–Crippen LogP) is 2.70. The first-order valence-electron chi connectivity index (χ1n) is 9.51. The summed E-state index contributed by atoms with van der Waals surface area (Å²) in [5.74, 6) is -0.0556. The molecule has 3 rings (SSSR count). The van der Waals surface area contributed by atoms with Crippen molar-refractivity contribution in [1.29, 1.82) is 0 Å². The maximum absolute atomic E-state index is 12.3. The lowest BCUT2D eigenvalue weighted by molar-refractivity contribution is -0.124. The molecule has 1 aliphatic rings. The summed E-state index contributed by atoms with van der Waals surface area (Å²) in [5.41, 5.74) is 0.133. The van der Waals surface area contributed by atoms with Gasteiger partial charge in [0, 0.05) is 18.4 Å². The number of aliphatic hydroxyl groups excluding tert-OH is 1. The van der Waals surface area contributed by atoms with Gasteiger partial charge in [0.25, 0.3) is 0 Å². The van der Waals surface area contributed by atoms with E-state index in [1.54, 1.807) is 13.8 Å². The summed E-state index contributed by atoms with van der Waals surface area (Å²) in [5, 5.41) is 17.7. The summed E-state index contributed by atoms with van der Waals surface area (Å²) >= 11 is 0. The second-order valence-corrected chi connectivity index (χ2v) is 8.28. The van der Waals surface area contributed by atoms with E-state index < -0.39 is 5.54 Å². The van der Waals surface area contributed by atoms with Gasteiger partial charge in [-0.25, -0.2) is 0 Å². The van der Waals surface area contributed by atoms with Crippen LogP contribution in [0.15, 0.2) is 42.5 Å². The van der Waals surface area contributed by atoms with Gasteiger partial charge < -0.3 is 15.7 Å². The number of fused-ring (bicyclic) bond motifs is 1. The molecule has 1 atom stereocenters. The van der Waals surface area contributed by atoms with Crippen LogP contribution < -0.4 is 10.6 Å². The molecule has 3 N–H and O–H groups in total. The zero-order valence-corrected chi connectivity index (χ0v) is 16.0. The van der Waals surface area contributed by atoms with Crippen LogP contribution in [0.5, 0.6) is 0 Å². The van der Waals surface area contributed by atoms with E-state index in [1.807, 2.05) is 12.1 Å². The van der Waals surface area contributed by atoms with Gasteiger partial charge in [0.05, 0.1) is 12.1 Å². The fourth-order valence-electron chi connectivity index (χ4n) is 3.75. The highest BCUT2D eigenvalue weighted by Crippen LogP contribution is 2.30. The molecule has 144 valence electrons. The van der Waals surface area contributed by atoms with Crippen molar-refractivity contribution in [2.45, 2.75) is 57.0 Å². The molecule has 2 aromatic carbocycles. The lowest BCUT2D eigenvalue weighted by Crippen LogP contribution is -2.48. The van der Waals surface area contributed by atoms with Crippen molar-refractivity contribution in [3.8, 4) is 0 Å².